The van der Waals surface area contributed by atoms with Crippen molar-refractivity contribution in [1.82, 2.24) is 5.32 Å². The van der Waals surface area contributed by atoms with Crippen molar-refractivity contribution in [3.05, 3.63) is 0 Å². The molecule has 0 bridgehead atoms. The highest BCUT2D eigenvalue weighted by Crippen LogP contribution is 2.32. The van der Waals surface area contributed by atoms with E-state index >= 15 is 0 Å². The third kappa shape index (κ3) is 4.94. The van der Waals surface area contributed by atoms with Crippen molar-refractivity contribution in [2.24, 2.45) is 11.8 Å². The summed E-state index contributed by atoms with van der Waals surface area (Å²) in [7, 11) is 0. The maximum Gasteiger partial charge on any atom is 0.308 e. The van der Waals surface area contributed by atoms with Gasteiger partial charge in [-0.25, -0.2) is 0 Å². The van der Waals surface area contributed by atoms with E-state index in [4.69, 9.17) is 4.74 Å². The van der Waals surface area contributed by atoms with Crippen LogP contribution in [0, 0.1) is 11.8 Å². The normalized spacial score (nSPS) is 28.4. The third-order valence-corrected chi connectivity index (χ3v) is 3.54. The number of esters is 1. The van der Waals surface area contributed by atoms with Crippen molar-refractivity contribution in [2.75, 3.05) is 19.7 Å². The van der Waals surface area contributed by atoms with Crippen LogP contribution in [0.25, 0.3) is 0 Å². The monoisotopic (exact) mass is 257 g/mol. The summed E-state index contributed by atoms with van der Waals surface area (Å²) in [6.07, 6.45) is 2.83. The Morgan fingerprint density at radius 3 is 2.56 bits per heavy atom. The average molecular weight is 257 g/mol. The van der Waals surface area contributed by atoms with Crippen molar-refractivity contribution in [3.63, 3.8) is 0 Å². The van der Waals surface area contributed by atoms with Crippen LogP contribution in [-0.2, 0) is 9.53 Å². The van der Waals surface area contributed by atoms with Crippen LogP contribution in [0.2, 0.25) is 0 Å². The van der Waals surface area contributed by atoms with Crippen LogP contribution in [0.1, 0.15) is 46.5 Å². The maximum atomic E-state index is 11.6. The van der Waals surface area contributed by atoms with Crippen LogP contribution in [0.15, 0.2) is 0 Å². The molecule has 106 valence electrons. The van der Waals surface area contributed by atoms with Gasteiger partial charge in [0.15, 0.2) is 0 Å². The summed E-state index contributed by atoms with van der Waals surface area (Å²) in [5.74, 6) is 0.467. The summed E-state index contributed by atoms with van der Waals surface area (Å²) < 4.78 is 5.03. The largest absolute Gasteiger partial charge is 0.466 e. The van der Waals surface area contributed by atoms with E-state index in [1.165, 1.54) is 0 Å². The molecule has 0 heterocycles. The van der Waals surface area contributed by atoms with E-state index in [0.29, 0.717) is 31.9 Å². The summed E-state index contributed by atoms with van der Waals surface area (Å²) in [6.45, 7) is 8.11. The highest BCUT2D eigenvalue weighted by atomic mass is 16.5. The average Bonchev–Trinajstić information content (AvgIpc) is 2.29. The van der Waals surface area contributed by atoms with Crippen molar-refractivity contribution < 1.29 is 14.6 Å². The smallest absolute Gasteiger partial charge is 0.308 e. The standard InChI is InChI=1S/C14H27NO3/c1-4-18-13(16)12-5-7-14(17,8-6-12)10-15-9-11(2)3/h11-12,15,17H,4-10H2,1-3H3. The number of carbonyl (C=O) groups is 1. The zero-order valence-corrected chi connectivity index (χ0v) is 11.9. The molecule has 0 radical (unpaired) electrons. The Morgan fingerprint density at radius 2 is 2.06 bits per heavy atom. The number of nitrogens with one attached hydrogen (secondary N) is 1. The molecule has 0 spiro atoms. The highest BCUT2D eigenvalue weighted by molar-refractivity contribution is 5.72. The molecule has 0 atom stereocenters. The lowest BCUT2D eigenvalue weighted by Crippen LogP contribution is -2.45. The minimum absolute atomic E-state index is 0.0182. The molecule has 18 heavy (non-hydrogen) atoms. The first kappa shape index (κ1) is 15.4. The lowest BCUT2D eigenvalue weighted by molar-refractivity contribution is -0.151. The van der Waals surface area contributed by atoms with E-state index in [-0.39, 0.29) is 11.9 Å². The summed E-state index contributed by atoms with van der Waals surface area (Å²) in [4.78, 5) is 11.6. The van der Waals surface area contributed by atoms with Crippen LogP contribution in [-0.4, -0.2) is 36.4 Å². The topological polar surface area (TPSA) is 58.6 Å². The molecule has 0 aromatic rings. The Morgan fingerprint density at radius 1 is 1.44 bits per heavy atom. The Balaban J connectivity index is 2.30. The lowest BCUT2D eigenvalue weighted by atomic mass is 9.78. The molecular weight excluding hydrogens is 230 g/mol. The fourth-order valence-corrected chi connectivity index (χ4v) is 2.42. The Labute approximate surface area is 110 Å². The van der Waals surface area contributed by atoms with Gasteiger partial charge in [0.25, 0.3) is 0 Å². The minimum Gasteiger partial charge on any atom is -0.466 e. The zero-order chi connectivity index (χ0) is 13.6. The van der Waals surface area contributed by atoms with Crippen molar-refractivity contribution >= 4 is 5.97 Å². The van der Waals surface area contributed by atoms with Crippen molar-refractivity contribution in [2.45, 2.75) is 52.1 Å². The summed E-state index contributed by atoms with van der Waals surface area (Å²) in [5, 5.41) is 13.7. The first-order valence-corrected chi connectivity index (χ1v) is 7.06. The van der Waals surface area contributed by atoms with Gasteiger partial charge in [0.05, 0.1) is 18.1 Å². The van der Waals surface area contributed by atoms with Gasteiger partial charge in [0, 0.05) is 6.54 Å². The number of rotatable bonds is 6. The molecule has 4 heteroatoms. The molecule has 4 nitrogen and oxygen atoms in total. The molecule has 0 unspecified atom stereocenters. The fraction of sp³-hybridized carbons (Fsp3) is 0.929. The zero-order valence-electron chi connectivity index (χ0n) is 11.9. The molecule has 0 saturated heterocycles. The van der Waals surface area contributed by atoms with Gasteiger partial charge in [0.1, 0.15) is 0 Å². The SMILES string of the molecule is CCOC(=O)C1CCC(O)(CNCC(C)C)CC1. The van der Waals surface area contributed by atoms with Gasteiger partial charge < -0.3 is 15.2 Å². The predicted molar refractivity (Wildman–Crippen MR) is 71.2 cm³/mol. The minimum atomic E-state index is -0.641. The molecule has 0 amide bonds. The molecule has 1 saturated carbocycles. The maximum absolute atomic E-state index is 11.6. The molecule has 2 N–H and O–H groups in total. The fourth-order valence-electron chi connectivity index (χ4n) is 2.42. The van der Waals surface area contributed by atoms with E-state index in [0.717, 1.165) is 19.4 Å². The van der Waals surface area contributed by atoms with Crippen LogP contribution in [0.5, 0.6) is 0 Å². The van der Waals surface area contributed by atoms with E-state index in [1.807, 2.05) is 6.92 Å². The van der Waals surface area contributed by atoms with Crippen LogP contribution in [0.3, 0.4) is 0 Å². The second-order valence-corrected chi connectivity index (χ2v) is 5.78. The quantitative estimate of drug-likeness (QED) is 0.711. The van der Waals surface area contributed by atoms with E-state index in [9.17, 15) is 9.90 Å². The van der Waals surface area contributed by atoms with Gasteiger partial charge in [-0.2, -0.15) is 0 Å². The first-order valence-electron chi connectivity index (χ1n) is 7.06. The van der Waals surface area contributed by atoms with Gasteiger partial charge in [-0.05, 0) is 45.1 Å². The van der Waals surface area contributed by atoms with E-state index in [1.54, 1.807) is 0 Å². The van der Waals surface area contributed by atoms with E-state index in [2.05, 4.69) is 19.2 Å². The molecule has 0 aromatic carbocycles. The number of aliphatic hydroxyl groups is 1. The van der Waals surface area contributed by atoms with Gasteiger partial charge in [-0.1, -0.05) is 13.8 Å². The Bertz CT molecular complexity index is 258. The Hall–Kier alpha value is -0.610. The van der Waals surface area contributed by atoms with Crippen LogP contribution >= 0.6 is 0 Å². The number of carbonyl (C=O) groups excluding carboxylic acids is 1. The number of hydrogen-bond acceptors (Lipinski definition) is 4. The van der Waals surface area contributed by atoms with Crippen molar-refractivity contribution in [3.8, 4) is 0 Å². The first-order chi connectivity index (χ1) is 8.47. The van der Waals surface area contributed by atoms with Gasteiger partial charge in [-0.3, -0.25) is 4.79 Å². The molecule has 1 rings (SSSR count). The Kier molecular flexibility index (Phi) is 6.09. The number of hydrogen-bond donors (Lipinski definition) is 2. The van der Waals surface area contributed by atoms with Crippen LogP contribution in [0.4, 0.5) is 0 Å². The molecule has 0 aromatic heterocycles. The third-order valence-electron chi connectivity index (χ3n) is 3.54. The molecular formula is C14H27NO3. The molecule has 1 fully saturated rings. The van der Waals surface area contributed by atoms with Crippen molar-refractivity contribution in [1.29, 1.82) is 0 Å². The molecule has 1 aliphatic rings. The van der Waals surface area contributed by atoms with Gasteiger partial charge in [-0.15, -0.1) is 0 Å². The summed E-state index contributed by atoms with van der Waals surface area (Å²) in [6, 6.07) is 0. The number of ether oxygens (including phenoxy) is 1. The van der Waals surface area contributed by atoms with Crippen LogP contribution < -0.4 is 5.32 Å². The van der Waals surface area contributed by atoms with E-state index < -0.39 is 5.60 Å². The summed E-state index contributed by atoms with van der Waals surface area (Å²) >= 11 is 0. The highest BCUT2D eigenvalue weighted by Gasteiger charge is 2.35. The summed E-state index contributed by atoms with van der Waals surface area (Å²) in [5.41, 5.74) is -0.641. The van der Waals surface area contributed by atoms with Gasteiger partial charge >= 0.3 is 5.97 Å². The second-order valence-electron chi connectivity index (χ2n) is 5.78. The second kappa shape index (κ2) is 7.10. The molecule has 0 aliphatic heterocycles. The predicted octanol–water partition coefficient (Wildman–Crippen LogP) is 1.72. The molecule has 1 aliphatic carbocycles. The lowest BCUT2D eigenvalue weighted by Gasteiger charge is -2.35. The van der Waals surface area contributed by atoms with Gasteiger partial charge in [0.2, 0.25) is 0 Å².